The second kappa shape index (κ2) is 10.0. The Morgan fingerprint density at radius 3 is 2.72 bits per heavy atom. The van der Waals surface area contributed by atoms with Crippen LogP contribution < -0.4 is 11.1 Å². The Morgan fingerprint density at radius 1 is 1.22 bits per heavy atom. The molecule has 0 aromatic carbocycles. The number of aromatic nitrogens is 2. The lowest BCUT2D eigenvalue weighted by molar-refractivity contribution is 0.129. The number of hydrogen-bond acceptors (Lipinski definition) is 8. The van der Waals surface area contributed by atoms with Crippen molar-refractivity contribution in [3.8, 4) is 0 Å². The van der Waals surface area contributed by atoms with Gasteiger partial charge in [0.1, 0.15) is 5.76 Å². The summed E-state index contributed by atoms with van der Waals surface area (Å²) in [6.07, 6.45) is 7.56. The van der Waals surface area contributed by atoms with E-state index in [1.54, 1.807) is 23.1 Å². The van der Waals surface area contributed by atoms with Gasteiger partial charge in [0.05, 0.1) is 22.4 Å². The summed E-state index contributed by atoms with van der Waals surface area (Å²) in [7, 11) is 0. The molecule has 0 bridgehead atoms. The van der Waals surface area contributed by atoms with Gasteiger partial charge in [-0.1, -0.05) is 32.1 Å². The topological polar surface area (TPSA) is 101 Å². The maximum Gasteiger partial charge on any atom is 0.320 e. The molecule has 2 aliphatic rings. The van der Waals surface area contributed by atoms with E-state index in [0.29, 0.717) is 5.75 Å². The summed E-state index contributed by atoms with van der Waals surface area (Å²) < 4.78 is 7.00. The van der Waals surface area contributed by atoms with Crippen LogP contribution in [0, 0.1) is 0 Å². The van der Waals surface area contributed by atoms with E-state index in [9.17, 15) is 4.79 Å². The Morgan fingerprint density at radius 2 is 2.00 bits per heavy atom. The number of carbonyl (C=O) groups is 1. The maximum atomic E-state index is 12.9. The summed E-state index contributed by atoms with van der Waals surface area (Å²) in [6, 6.07) is 0.611. The molecule has 0 saturated carbocycles. The number of carbonyl (C=O) groups excluding carboxylic acids is 1. The standard InChI is InChI=1S/C22H34N6O2S2/c1-22(2,3)17-11-24-18(30-17)14-31-19-12-25-20(32-19)26-16-5-4-8-28(13-16)21(29)27-9-6-15(23)7-10-27/h11-12,15-16H,4-10,13-14,23H2,1-3H3,(H,25,26)/t16-/m1/s1. The van der Waals surface area contributed by atoms with E-state index in [-0.39, 0.29) is 23.5 Å². The zero-order valence-electron chi connectivity index (χ0n) is 19.2. The molecule has 2 amide bonds. The minimum Gasteiger partial charge on any atom is -0.444 e. The highest BCUT2D eigenvalue weighted by Gasteiger charge is 2.29. The van der Waals surface area contributed by atoms with Crippen molar-refractivity contribution in [1.82, 2.24) is 19.8 Å². The molecule has 32 heavy (non-hydrogen) atoms. The molecule has 0 radical (unpaired) electrons. The number of nitrogens with one attached hydrogen (secondary N) is 1. The van der Waals surface area contributed by atoms with Gasteiger partial charge < -0.3 is 25.3 Å². The van der Waals surface area contributed by atoms with Gasteiger partial charge in [0.2, 0.25) is 5.89 Å². The fourth-order valence-corrected chi connectivity index (χ4v) is 5.79. The maximum absolute atomic E-state index is 12.9. The van der Waals surface area contributed by atoms with Gasteiger partial charge in [0, 0.05) is 43.7 Å². The summed E-state index contributed by atoms with van der Waals surface area (Å²) in [6.45, 7) is 9.43. The molecule has 3 N–H and O–H groups in total. The third-order valence-corrected chi connectivity index (χ3v) is 8.05. The van der Waals surface area contributed by atoms with E-state index in [0.717, 1.165) is 72.9 Å². The molecular weight excluding hydrogens is 444 g/mol. The number of urea groups is 1. The van der Waals surface area contributed by atoms with E-state index in [2.05, 4.69) is 36.1 Å². The quantitative estimate of drug-likeness (QED) is 0.623. The summed E-state index contributed by atoms with van der Waals surface area (Å²) in [5.41, 5.74) is 5.95. The third-order valence-electron chi connectivity index (χ3n) is 5.94. The molecule has 8 nitrogen and oxygen atoms in total. The van der Waals surface area contributed by atoms with Crippen LogP contribution >= 0.6 is 23.1 Å². The first-order valence-corrected chi connectivity index (χ1v) is 13.2. The van der Waals surface area contributed by atoms with E-state index >= 15 is 0 Å². The Bertz CT molecular complexity index is 900. The lowest BCUT2D eigenvalue weighted by Gasteiger charge is -2.38. The SMILES string of the molecule is CC(C)(C)c1cnc(CSc2cnc(N[C@@H]3CCCN(C(=O)N4CCC(N)CC4)C3)s2)o1. The fraction of sp³-hybridized carbons (Fsp3) is 0.682. The lowest BCUT2D eigenvalue weighted by Crippen LogP contribution is -2.53. The van der Waals surface area contributed by atoms with Gasteiger partial charge in [-0.25, -0.2) is 14.8 Å². The first-order valence-electron chi connectivity index (χ1n) is 11.4. The Hall–Kier alpha value is -1.78. The minimum absolute atomic E-state index is 0.0341. The average molecular weight is 479 g/mol. The van der Waals surface area contributed by atoms with Gasteiger partial charge in [-0.2, -0.15) is 0 Å². The highest BCUT2D eigenvalue weighted by molar-refractivity contribution is 8.00. The van der Waals surface area contributed by atoms with E-state index in [1.807, 2.05) is 22.2 Å². The Kier molecular flexibility index (Phi) is 7.31. The summed E-state index contributed by atoms with van der Waals surface area (Å²) >= 11 is 3.32. The fourth-order valence-electron chi connectivity index (χ4n) is 3.98. The number of rotatable bonds is 5. The van der Waals surface area contributed by atoms with Crippen molar-refractivity contribution in [3.05, 3.63) is 24.0 Å². The van der Waals surface area contributed by atoms with Gasteiger partial charge in [-0.3, -0.25) is 0 Å². The summed E-state index contributed by atoms with van der Waals surface area (Å²) in [5, 5.41) is 4.44. The van der Waals surface area contributed by atoms with Crippen LogP contribution in [0.5, 0.6) is 0 Å². The van der Waals surface area contributed by atoms with E-state index < -0.39 is 0 Å². The number of piperidine rings is 2. The number of hydrogen-bond donors (Lipinski definition) is 2. The lowest BCUT2D eigenvalue weighted by atomic mass is 9.94. The zero-order valence-corrected chi connectivity index (χ0v) is 20.8. The number of likely N-dealkylation sites (tertiary alicyclic amines) is 2. The van der Waals surface area contributed by atoms with Crippen molar-refractivity contribution in [2.24, 2.45) is 5.73 Å². The van der Waals surface area contributed by atoms with Gasteiger partial charge in [-0.15, -0.1) is 11.8 Å². The second-order valence-corrected chi connectivity index (χ2v) is 12.0. The molecule has 0 aliphatic carbocycles. The van der Waals surface area contributed by atoms with Crippen LogP contribution in [0.1, 0.15) is 58.1 Å². The molecule has 0 spiro atoms. The second-order valence-electron chi connectivity index (χ2n) is 9.68. The largest absolute Gasteiger partial charge is 0.444 e. The molecule has 2 fully saturated rings. The Labute approximate surface area is 198 Å². The number of nitrogens with zero attached hydrogens (tertiary/aromatic N) is 4. The van der Waals surface area contributed by atoms with Crippen molar-refractivity contribution in [3.63, 3.8) is 0 Å². The molecule has 2 aromatic rings. The molecule has 4 rings (SSSR count). The molecule has 176 valence electrons. The van der Waals surface area contributed by atoms with Crippen molar-refractivity contribution >= 4 is 34.3 Å². The van der Waals surface area contributed by atoms with Crippen molar-refractivity contribution in [2.45, 2.75) is 73.9 Å². The summed E-state index contributed by atoms with van der Waals surface area (Å²) in [5.74, 6) is 2.33. The molecule has 0 unspecified atom stereocenters. The zero-order chi connectivity index (χ0) is 22.7. The molecule has 1 atom stereocenters. The highest BCUT2D eigenvalue weighted by atomic mass is 32.2. The predicted molar refractivity (Wildman–Crippen MR) is 129 cm³/mol. The van der Waals surface area contributed by atoms with Crippen LogP contribution in [0.15, 0.2) is 21.0 Å². The molecule has 2 saturated heterocycles. The van der Waals surface area contributed by atoms with Crippen LogP contribution in [-0.4, -0.2) is 64.1 Å². The average Bonchev–Trinajstić information content (AvgIpc) is 3.42. The molecule has 2 aliphatic heterocycles. The van der Waals surface area contributed by atoms with Crippen molar-refractivity contribution < 1.29 is 9.21 Å². The van der Waals surface area contributed by atoms with Gasteiger partial charge in [0.25, 0.3) is 0 Å². The first-order chi connectivity index (χ1) is 15.3. The van der Waals surface area contributed by atoms with E-state index in [4.69, 9.17) is 10.2 Å². The summed E-state index contributed by atoms with van der Waals surface area (Å²) in [4.78, 5) is 25.8. The Balaban J connectivity index is 1.26. The van der Waals surface area contributed by atoms with Crippen LogP contribution in [0.25, 0.3) is 0 Å². The number of oxazole rings is 1. The van der Waals surface area contributed by atoms with Gasteiger partial charge >= 0.3 is 6.03 Å². The molecule has 4 heterocycles. The van der Waals surface area contributed by atoms with E-state index in [1.165, 1.54) is 0 Å². The van der Waals surface area contributed by atoms with Gasteiger partial charge in [0.15, 0.2) is 5.13 Å². The van der Waals surface area contributed by atoms with Crippen molar-refractivity contribution in [1.29, 1.82) is 0 Å². The molecule has 10 heteroatoms. The molecule has 2 aromatic heterocycles. The normalized spacial score (nSPS) is 20.6. The number of thioether (sulfide) groups is 1. The van der Waals surface area contributed by atoms with Crippen LogP contribution in [0.3, 0.4) is 0 Å². The van der Waals surface area contributed by atoms with Crippen LogP contribution in [-0.2, 0) is 11.2 Å². The van der Waals surface area contributed by atoms with Crippen LogP contribution in [0.4, 0.5) is 9.93 Å². The highest BCUT2D eigenvalue weighted by Crippen LogP contribution is 2.32. The first kappa shape index (κ1) is 23.4. The minimum atomic E-state index is -0.0341. The number of nitrogens with two attached hydrogens (primary N) is 1. The van der Waals surface area contributed by atoms with Crippen molar-refractivity contribution in [2.75, 3.05) is 31.5 Å². The monoisotopic (exact) mass is 478 g/mol. The number of anilines is 1. The molecular formula is C22H34N6O2S2. The van der Waals surface area contributed by atoms with Gasteiger partial charge in [-0.05, 0) is 25.7 Å². The smallest absolute Gasteiger partial charge is 0.320 e. The number of thiazole rings is 1. The third kappa shape index (κ3) is 5.96. The number of amides is 2. The van der Waals surface area contributed by atoms with Crippen LogP contribution in [0.2, 0.25) is 0 Å². The predicted octanol–water partition coefficient (Wildman–Crippen LogP) is 4.14.